The molecule has 136 valence electrons. The molecular formula is C20H22FN3O2. The molecule has 0 radical (unpaired) electrons. The molecular weight excluding hydrogens is 333 g/mol. The van der Waals surface area contributed by atoms with Gasteiger partial charge in [0.1, 0.15) is 11.6 Å². The first kappa shape index (κ1) is 16.8. The molecule has 2 fully saturated rings. The number of aromatic nitrogens is 1. The van der Waals surface area contributed by atoms with Gasteiger partial charge in [0.05, 0.1) is 24.9 Å². The summed E-state index contributed by atoms with van der Waals surface area (Å²) in [4.78, 5) is 19.4. The third-order valence-corrected chi connectivity index (χ3v) is 5.03. The summed E-state index contributed by atoms with van der Waals surface area (Å²) in [5.74, 6) is 0.528. The Balaban J connectivity index is 1.68. The fourth-order valence-corrected chi connectivity index (χ4v) is 3.83. The van der Waals surface area contributed by atoms with E-state index in [-0.39, 0.29) is 17.4 Å². The minimum Gasteiger partial charge on any atom is -0.373 e. The molecule has 2 saturated heterocycles. The SMILES string of the molecule is C=C1COCCN1c1cc(N2CCCC2c2cccc(F)c2)[nH]c(=O)c1. The summed E-state index contributed by atoms with van der Waals surface area (Å²) in [6.45, 7) is 6.61. The van der Waals surface area contributed by atoms with E-state index in [4.69, 9.17) is 4.74 Å². The van der Waals surface area contributed by atoms with Crippen LogP contribution in [0.1, 0.15) is 24.4 Å². The van der Waals surface area contributed by atoms with Gasteiger partial charge in [-0.15, -0.1) is 0 Å². The van der Waals surface area contributed by atoms with Crippen molar-refractivity contribution in [3.8, 4) is 0 Å². The molecule has 5 nitrogen and oxygen atoms in total. The summed E-state index contributed by atoms with van der Waals surface area (Å²) in [6, 6.07) is 10.3. The summed E-state index contributed by atoms with van der Waals surface area (Å²) in [5, 5.41) is 0. The molecule has 1 aromatic heterocycles. The third kappa shape index (κ3) is 3.24. The number of H-pyrrole nitrogens is 1. The average Bonchev–Trinajstić information content (AvgIpc) is 3.11. The number of ether oxygens (including phenoxy) is 1. The van der Waals surface area contributed by atoms with Crippen molar-refractivity contribution >= 4 is 11.5 Å². The van der Waals surface area contributed by atoms with Crippen molar-refractivity contribution in [3.63, 3.8) is 0 Å². The number of halogens is 1. The molecule has 0 spiro atoms. The van der Waals surface area contributed by atoms with E-state index in [1.54, 1.807) is 18.2 Å². The van der Waals surface area contributed by atoms with Crippen LogP contribution < -0.4 is 15.4 Å². The zero-order valence-corrected chi connectivity index (χ0v) is 14.6. The maximum absolute atomic E-state index is 13.7. The van der Waals surface area contributed by atoms with Crippen LogP contribution in [0.5, 0.6) is 0 Å². The van der Waals surface area contributed by atoms with Gasteiger partial charge in [-0.2, -0.15) is 0 Å². The van der Waals surface area contributed by atoms with Gasteiger partial charge in [-0.25, -0.2) is 4.39 Å². The van der Waals surface area contributed by atoms with Crippen molar-refractivity contribution in [2.45, 2.75) is 18.9 Å². The van der Waals surface area contributed by atoms with Gasteiger partial charge >= 0.3 is 0 Å². The van der Waals surface area contributed by atoms with E-state index >= 15 is 0 Å². The Labute approximate surface area is 151 Å². The first-order chi connectivity index (χ1) is 12.6. The smallest absolute Gasteiger partial charge is 0.251 e. The monoisotopic (exact) mass is 355 g/mol. The molecule has 2 aliphatic rings. The van der Waals surface area contributed by atoms with Crippen molar-refractivity contribution < 1.29 is 9.13 Å². The largest absolute Gasteiger partial charge is 0.373 e. The second-order valence-corrected chi connectivity index (χ2v) is 6.76. The molecule has 1 unspecified atom stereocenters. The molecule has 6 heteroatoms. The van der Waals surface area contributed by atoms with Crippen LogP contribution >= 0.6 is 0 Å². The van der Waals surface area contributed by atoms with Gasteiger partial charge in [0.2, 0.25) is 0 Å². The highest BCUT2D eigenvalue weighted by molar-refractivity contribution is 5.59. The van der Waals surface area contributed by atoms with Crippen LogP contribution in [0.25, 0.3) is 0 Å². The van der Waals surface area contributed by atoms with Crippen LogP contribution in [0.3, 0.4) is 0 Å². The average molecular weight is 355 g/mol. The number of pyridine rings is 1. The molecule has 3 heterocycles. The number of benzene rings is 1. The number of hydrogen-bond acceptors (Lipinski definition) is 4. The quantitative estimate of drug-likeness (QED) is 0.919. The van der Waals surface area contributed by atoms with Crippen LogP contribution in [0.4, 0.5) is 15.9 Å². The molecule has 1 atom stereocenters. The number of rotatable bonds is 3. The number of morpholine rings is 1. The lowest BCUT2D eigenvalue weighted by atomic mass is 10.0. The Hall–Kier alpha value is -2.60. The summed E-state index contributed by atoms with van der Waals surface area (Å²) in [5.41, 5.74) is 2.45. The van der Waals surface area contributed by atoms with E-state index in [1.165, 1.54) is 6.07 Å². The van der Waals surface area contributed by atoms with E-state index in [0.717, 1.165) is 42.2 Å². The number of anilines is 2. The van der Waals surface area contributed by atoms with Gasteiger partial charge in [0.15, 0.2) is 0 Å². The summed E-state index contributed by atoms with van der Waals surface area (Å²) >= 11 is 0. The number of nitrogens with zero attached hydrogens (tertiary/aromatic N) is 2. The molecule has 2 aromatic rings. The second-order valence-electron chi connectivity index (χ2n) is 6.76. The molecule has 0 amide bonds. The maximum atomic E-state index is 13.7. The van der Waals surface area contributed by atoms with E-state index in [1.807, 2.05) is 17.0 Å². The Morgan fingerprint density at radius 3 is 2.92 bits per heavy atom. The molecule has 0 aliphatic carbocycles. The summed E-state index contributed by atoms with van der Waals surface area (Å²) < 4.78 is 19.1. The fraction of sp³-hybridized carbons (Fsp3) is 0.350. The summed E-state index contributed by atoms with van der Waals surface area (Å²) in [7, 11) is 0. The number of aromatic amines is 1. The third-order valence-electron chi connectivity index (χ3n) is 5.03. The Morgan fingerprint density at radius 2 is 2.12 bits per heavy atom. The lowest BCUT2D eigenvalue weighted by Gasteiger charge is -2.32. The molecule has 26 heavy (non-hydrogen) atoms. The lowest BCUT2D eigenvalue weighted by Crippen LogP contribution is -2.35. The molecule has 1 aromatic carbocycles. The lowest BCUT2D eigenvalue weighted by molar-refractivity contribution is 0.143. The van der Waals surface area contributed by atoms with Gasteiger partial charge in [-0.05, 0) is 30.5 Å². The van der Waals surface area contributed by atoms with Gasteiger partial charge in [0.25, 0.3) is 5.56 Å². The van der Waals surface area contributed by atoms with Crippen LogP contribution in [-0.4, -0.2) is 31.3 Å². The van der Waals surface area contributed by atoms with Crippen molar-refractivity contribution in [1.29, 1.82) is 0 Å². The van der Waals surface area contributed by atoms with Crippen molar-refractivity contribution in [1.82, 2.24) is 4.98 Å². The van der Waals surface area contributed by atoms with Crippen LogP contribution in [0.2, 0.25) is 0 Å². The van der Waals surface area contributed by atoms with E-state index in [2.05, 4.69) is 16.5 Å². The zero-order valence-electron chi connectivity index (χ0n) is 14.6. The molecule has 0 saturated carbocycles. The topological polar surface area (TPSA) is 48.6 Å². The highest BCUT2D eigenvalue weighted by Crippen LogP contribution is 2.36. The molecule has 1 N–H and O–H groups in total. The predicted molar refractivity (Wildman–Crippen MR) is 100 cm³/mol. The van der Waals surface area contributed by atoms with Gasteiger partial charge in [-0.1, -0.05) is 18.7 Å². The fourth-order valence-electron chi connectivity index (χ4n) is 3.83. The van der Waals surface area contributed by atoms with E-state index < -0.39 is 0 Å². The molecule has 0 bridgehead atoms. The van der Waals surface area contributed by atoms with Crippen LogP contribution in [0, 0.1) is 5.82 Å². The number of hydrogen-bond donors (Lipinski definition) is 1. The van der Waals surface area contributed by atoms with Crippen molar-refractivity contribution in [3.05, 3.63) is 70.4 Å². The minimum atomic E-state index is -0.235. The highest BCUT2D eigenvalue weighted by atomic mass is 19.1. The first-order valence-corrected chi connectivity index (χ1v) is 8.91. The normalized spacial score (nSPS) is 20.7. The Bertz CT molecular complexity index is 879. The highest BCUT2D eigenvalue weighted by Gasteiger charge is 2.28. The van der Waals surface area contributed by atoms with Gasteiger partial charge < -0.3 is 19.5 Å². The van der Waals surface area contributed by atoms with Crippen molar-refractivity contribution in [2.75, 3.05) is 36.1 Å². The maximum Gasteiger partial charge on any atom is 0.251 e. The number of nitrogens with one attached hydrogen (secondary N) is 1. The first-order valence-electron chi connectivity index (χ1n) is 8.91. The minimum absolute atomic E-state index is 0.0597. The zero-order chi connectivity index (χ0) is 18.1. The van der Waals surface area contributed by atoms with Crippen LogP contribution in [0.15, 0.2) is 53.5 Å². The Morgan fingerprint density at radius 1 is 1.23 bits per heavy atom. The predicted octanol–water partition coefficient (Wildman–Crippen LogP) is 3.21. The van der Waals surface area contributed by atoms with Crippen molar-refractivity contribution in [2.24, 2.45) is 0 Å². The van der Waals surface area contributed by atoms with Gasteiger partial charge in [-0.3, -0.25) is 4.79 Å². The van der Waals surface area contributed by atoms with E-state index in [9.17, 15) is 9.18 Å². The van der Waals surface area contributed by atoms with Gasteiger partial charge in [0, 0.05) is 30.9 Å². The molecule has 4 rings (SSSR count). The summed E-state index contributed by atoms with van der Waals surface area (Å²) in [6.07, 6.45) is 1.93. The standard InChI is InChI=1S/C20H22FN3O2/c1-14-13-26-9-8-23(14)17-11-19(22-20(25)12-17)24-7-3-6-18(24)15-4-2-5-16(21)10-15/h2,4-5,10-12,18H,1,3,6-9,13H2,(H,22,25). The second kappa shape index (κ2) is 6.96. The van der Waals surface area contributed by atoms with E-state index in [0.29, 0.717) is 19.8 Å². The Kier molecular flexibility index (Phi) is 4.51. The van der Waals surface area contributed by atoms with Crippen LogP contribution in [-0.2, 0) is 4.74 Å². The molecule has 2 aliphatic heterocycles.